The average molecular weight is 461 g/mol. The minimum absolute atomic E-state index is 0.131. The van der Waals surface area contributed by atoms with Crippen molar-refractivity contribution in [3.63, 3.8) is 0 Å². The van der Waals surface area contributed by atoms with Crippen LogP contribution in [0.25, 0.3) is 21.8 Å². The minimum Gasteiger partial charge on any atom is -0.543 e. The van der Waals surface area contributed by atoms with Gasteiger partial charge in [-0.3, -0.25) is 9.78 Å². The highest BCUT2D eigenvalue weighted by molar-refractivity contribution is 6.74. The maximum atomic E-state index is 11.7. The van der Waals surface area contributed by atoms with Crippen LogP contribution in [0.5, 0.6) is 5.75 Å². The third kappa shape index (κ3) is 5.03. The molecule has 2 heterocycles. The topological polar surface area (TPSA) is 55.0 Å². The molecule has 174 valence electrons. The zero-order valence-electron chi connectivity index (χ0n) is 21.4. The number of nitrogens with zero attached hydrogens (tertiary/aromatic N) is 1. The molecule has 0 aliphatic carbocycles. The lowest BCUT2D eigenvalue weighted by molar-refractivity contribution is 0.493. The van der Waals surface area contributed by atoms with Crippen LogP contribution in [0.1, 0.15) is 43.3 Å². The van der Waals surface area contributed by atoms with Crippen LogP contribution in [0, 0.1) is 27.7 Å². The second kappa shape index (κ2) is 9.14. The van der Waals surface area contributed by atoms with Crippen molar-refractivity contribution in [2.24, 2.45) is 0 Å². The zero-order valence-corrected chi connectivity index (χ0v) is 22.4. The molecule has 0 radical (unpaired) electrons. The van der Waals surface area contributed by atoms with Crippen LogP contribution < -0.4 is 9.85 Å². The molecule has 0 saturated carbocycles. The molecule has 33 heavy (non-hydrogen) atoms. The first-order valence-electron chi connectivity index (χ1n) is 11.5. The van der Waals surface area contributed by atoms with Crippen molar-refractivity contribution in [2.75, 3.05) is 0 Å². The quantitative estimate of drug-likeness (QED) is 0.317. The van der Waals surface area contributed by atoms with E-state index in [0.29, 0.717) is 0 Å². The van der Waals surface area contributed by atoms with E-state index in [9.17, 15) is 4.79 Å². The van der Waals surface area contributed by atoms with E-state index < -0.39 is 8.32 Å². The first-order valence-corrected chi connectivity index (χ1v) is 14.4. The highest BCUT2D eigenvalue weighted by atomic mass is 28.4. The van der Waals surface area contributed by atoms with Crippen LogP contribution >= 0.6 is 0 Å². The summed E-state index contributed by atoms with van der Waals surface area (Å²) in [5.41, 5.74) is 6.03. The Morgan fingerprint density at radius 2 is 1.42 bits per heavy atom. The van der Waals surface area contributed by atoms with Crippen molar-refractivity contribution in [3.8, 4) is 5.75 Å². The molecule has 1 N–H and O–H groups in total. The molecule has 5 heteroatoms. The van der Waals surface area contributed by atoms with Gasteiger partial charge in [-0.15, -0.1) is 0 Å². The normalized spacial score (nSPS) is 11.9. The van der Waals surface area contributed by atoms with E-state index in [1.165, 1.54) is 0 Å². The molecule has 0 aliphatic rings. The number of H-pyrrole nitrogens is 1. The molecule has 2 aromatic heterocycles. The van der Waals surface area contributed by atoms with E-state index in [1.807, 2.05) is 44.2 Å². The summed E-state index contributed by atoms with van der Waals surface area (Å²) in [5.74, 6) is 1.03. The van der Waals surface area contributed by atoms with E-state index >= 15 is 0 Å². The standard InChI is InChI=1S/C17H25NOSi.C11H11NO/c1-12-13(2)18-15-11-9-8-10-14(15)16(12)19-20(6,7)17(3,4)5;1-7-8(2)12-10-6-4-3-5-9(10)11(7)13/h8-11H,1-7H3;3-6H,1-2H3,(H,12,13). The molecule has 0 atom stereocenters. The van der Waals surface area contributed by atoms with E-state index in [0.717, 1.165) is 50.1 Å². The second-order valence-corrected chi connectivity index (χ2v) is 15.0. The molecule has 0 unspecified atom stereocenters. The summed E-state index contributed by atoms with van der Waals surface area (Å²) >= 11 is 0. The van der Waals surface area contributed by atoms with Crippen molar-refractivity contribution >= 4 is 30.1 Å². The molecule has 0 aliphatic heterocycles. The molecule has 4 rings (SSSR count). The fraction of sp³-hybridized carbons (Fsp3) is 0.357. The van der Waals surface area contributed by atoms with Crippen LogP contribution in [0.4, 0.5) is 0 Å². The van der Waals surface area contributed by atoms with Crippen molar-refractivity contribution in [3.05, 3.63) is 81.3 Å². The largest absolute Gasteiger partial charge is 0.543 e. The number of aryl methyl sites for hydroxylation is 2. The van der Waals surface area contributed by atoms with E-state index in [4.69, 9.17) is 4.43 Å². The number of hydrogen-bond donors (Lipinski definition) is 1. The van der Waals surface area contributed by atoms with Gasteiger partial charge in [-0.1, -0.05) is 45.0 Å². The van der Waals surface area contributed by atoms with Gasteiger partial charge >= 0.3 is 0 Å². The Bertz CT molecular complexity index is 1360. The molecule has 0 bridgehead atoms. The Morgan fingerprint density at radius 3 is 2.06 bits per heavy atom. The molecule has 4 aromatic rings. The molecular weight excluding hydrogens is 424 g/mol. The maximum Gasteiger partial charge on any atom is 0.250 e. The van der Waals surface area contributed by atoms with Gasteiger partial charge in [0.05, 0.1) is 5.52 Å². The van der Waals surface area contributed by atoms with Crippen molar-refractivity contribution in [1.29, 1.82) is 0 Å². The molecule has 2 aromatic carbocycles. The highest BCUT2D eigenvalue weighted by Crippen LogP contribution is 2.40. The molecule has 0 fully saturated rings. The Labute approximate surface area is 198 Å². The lowest BCUT2D eigenvalue weighted by atomic mass is 10.1. The van der Waals surface area contributed by atoms with Crippen LogP contribution in [0.15, 0.2) is 53.3 Å². The molecule has 4 nitrogen and oxygen atoms in total. The predicted octanol–water partition coefficient (Wildman–Crippen LogP) is 7.38. The average Bonchev–Trinajstić information content (AvgIpc) is 2.75. The summed E-state index contributed by atoms with van der Waals surface area (Å²) in [6, 6.07) is 15.8. The van der Waals surface area contributed by atoms with Gasteiger partial charge in [-0.05, 0) is 70.1 Å². The van der Waals surface area contributed by atoms with Crippen molar-refractivity contribution < 1.29 is 4.43 Å². The molecule has 0 spiro atoms. The highest BCUT2D eigenvalue weighted by Gasteiger charge is 2.39. The summed E-state index contributed by atoms with van der Waals surface area (Å²) in [7, 11) is -1.85. The number of rotatable bonds is 2. The van der Waals surface area contributed by atoms with Gasteiger partial charge in [0.15, 0.2) is 5.43 Å². The number of hydrogen-bond acceptors (Lipinski definition) is 3. The minimum atomic E-state index is -1.85. The molecular formula is C28H36N2O2Si. The van der Waals surface area contributed by atoms with Gasteiger partial charge in [0, 0.05) is 38.8 Å². The first kappa shape index (κ1) is 24.7. The zero-order chi connectivity index (χ0) is 24.6. The number of para-hydroxylation sites is 2. The van der Waals surface area contributed by atoms with Crippen molar-refractivity contribution in [1.82, 2.24) is 9.97 Å². The van der Waals surface area contributed by atoms with Crippen LogP contribution in [0.2, 0.25) is 18.1 Å². The van der Waals surface area contributed by atoms with Gasteiger partial charge in [-0.25, -0.2) is 0 Å². The van der Waals surface area contributed by atoms with Gasteiger partial charge in [0.2, 0.25) is 0 Å². The van der Waals surface area contributed by atoms with E-state index in [1.54, 1.807) is 0 Å². The van der Waals surface area contributed by atoms with Crippen LogP contribution in [-0.2, 0) is 0 Å². The van der Waals surface area contributed by atoms with Gasteiger partial charge in [0.25, 0.3) is 8.32 Å². The number of benzene rings is 2. The summed E-state index contributed by atoms with van der Waals surface area (Å²) in [6.45, 7) is 19.3. The number of fused-ring (bicyclic) bond motifs is 2. The van der Waals surface area contributed by atoms with E-state index in [-0.39, 0.29) is 10.5 Å². The fourth-order valence-electron chi connectivity index (χ4n) is 3.39. The summed E-state index contributed by atoms with van der Waals surface area (Å²) in [5, 5.41) is 2.09. The fourth-order valence-corrected chi connectivity index (χ4v) is 4.47. The smallest absolute Gasteiger partial charge is 0.250 e. The summed E-state index contributed by atoms with van der Waals surface area (Å²) < 4.78 is 6.59. The second-order valence-electron chi connectivity index (χ2n) is 10.3. The lowest BCUT2D eigenvalue weighted by Gasteiger charge is -2.37. The van der Waals surface area contributed by atoms with Gasteiger partial charge in [0.1, 0.15) is 5.75 Å². The Morgan fingerprint density at radius 1 is 0.848 bits per heavy atom. The van der Waals surface area contributed by atoms with Crippen LogP contribution in [-0.4, -0.2) is 18.3 Å². The van der Waals surface area contributed by atoms with Gasteiger partial charge < -0.3 is 9.41 Å². The number of nitrogens with one attached hydrogen (secondary N) is 1. The number of aromatic nitrogens is 2. The lowest BCUT2D eigenvalue weighted by Crippen LogP contribution is -2.44. The molecule has 0 saturated heterocycles. The predicted molar refractivity (Wildman–Crippen MR) is 143 cm³/mol. The van der Waals surface area contributed by atoms with E-state index in [2.05, 4.69) is 75.9 Å². The third-order valence-electron chi connectivity index (χ3n) is 6.88. The molecule has 0 amide bonds. The maximum absolute atomic E-state index is 11.7. The number of aromatic amines is 1. The van der Waals surface area contributed by atoms with Crippen LogP contribution in [0.3, 0.4) is 0 Å². The first-order chi connectivity index (χ1) is 15.3. The van der Waals surface area contributed by atoms with Gasteiger partial charge in [-0.2, -0.15) is 0 Å². The third-order valence-corrected chi connectivity index (χ3v) is 11.2. The Hall–Kier alpha value is -2.92. The Kier molecular flexibility index (Phi) is 6.85. The SMILES string of the molecule is Cc1[nH]c2ccccc2c(=O)c1C.Cc1nc2ccccc2c(O[Si](C)(C)C(C)(C)C)c1C. The monoisotopic (exact) mass is 460 g/mol. The van der Waals surface area contributed by atoms with Crippen molar-refractivity contribution in [2.45, 2.75) is 66.6 Å². The number of pyridine rings is 2. The summed E-state index contributed by atoms with van der Waals surface area (Å²) in [6.07, 6.45) is 0. The Balaban J connectivity index is 0.000000203. The summed E-state index contributed by atoms with van der Waals surface area (Å²) in [4.78, 5) is 19.6.